The summed E-state index contributed by atoms with van der Waals surface area (Å²) in [6, 6.07) is 9.01. The maximum atomic E-state index is 12.0. The lowest BCUT2D eigenvalue weighted by Crippen LogP contribution is -2.32. The zero-order valence-corrected chi connectivity index (χ0v) is 16.5. The molecule has 150 valence electrons. The molecule has 28 heavy (non-hydrogen) atoms. The summed E-state index contributed by atoms with van der Waals surface area (Å²) in [5.41, 5.74) is 0.718. The van der Waals surface area contributed by atoms with Gasteiger partial charge in [-0.2, -0.15) is 0 Å². The van der Waals surface area contributed by atoms with E-state index in [1.54, 1.807) is 0 Å². The fraction of sp³-hybridized carbons (Fsp3) is 0.450. The molecule has 1 aromatic heterocycles. The Bertz CT molecular complexity index is 775. The van der Waals surface area contributed by atoms with E-state index in [-0.39, 0.29) is 6.03 Å². The molecular weight excluding hydrogens is 356 g/mol. The average molecular weight is 384 g/mol. The van der Waals surface area contributed by atoms with Crippen molar-refractivity contribution < 1.29 is 9.53 Å². The Morgan fingerprint density at radius 2 is 1.89 bits per heavy atom. The number of rotatable bonds is 8. The van der Waals surface area contributed by atoms with Crippen molar-refractivity contribution in [3.8, 4) is 5.75 Å². The van der Waals surface area contributed by atoms with Gasteiger partial charge in [0.15, 0.2) is 0 Å². The van der Waals surface area contributed by atoms with E-state index in [4.69, 9.17) is 4.74 Å². The van der Waals surface area contributed by atoms with Crippen LogP contribution in [0.2, 0.25) is 0 Å². The van der Waals surface area contributed by atoms with E-state index in [0.717, 1.165) is 42.0 Å². The molecule has 3 rings (SSSR count). The van der Waals surface area contributed by atoms with E-state index in [1.807, 2.05) is 44.2 Å². The third-order valence-corrected chi connectivity index (χ3v) is 4.39. The van der Waals surface area contributed by atoms with Crippen LogP contribution in [-0.2, 0) is 0 Å². The molecular formula is C20H28N6O2. The van der Waals surface area contributed by atoms with Gasteiger partial charge in [-0.15, -0.1) is 0 Å². The van der Waals surface area contributed by atoms with Crippen LogP contribution in [0.4, 0.5) is 22.1 Å². The van der Waals surface area contributed by atoms with Crippen LogP contribution in [0.3, 0.4) is 0 Å². The predicted molar refractivity (Wildman–Crippen MR) is 111 cm³/mol. The number of urea groups is 1. The summed E-state index contributed by atoms with van der Waals surface area (Å²) >= 11 is 0. The third kappa shape index (κ3) is 5.73. The Morgan fingerprint density at radius 1 is 1.14 bits per heavy atom. The zero-order chi connectivity index (χ0) is 19.8. The molecule has 1 aromatic carbocycles. The van der Waals surface area contributed by atoms with Crippen LogP contribution >= 0.6 is 0 Å². The first-order chi connectivity index (χ1) is 13.6. The first kappa shape index (κ1) is 19.7. The van der Waals surface area contributed by atoms with Gasteiger partial charge in [-0.25, -0.2) is 14.8 Å². The lowest BCUT2D eigenvalue weighted by Gasteiger charge is -2.17. The molecule has 0 spiro atoms. The van der Waals surface area contributed by atoms with Crippen LogP contribution in [0, 0.1) is 6.92 Å². The van der Waals surface area contributed by atoms with E-state index in [9.17, 15) is 4.79 Å². The fourth-order valence-electron chi connectivity index (χ4n) is 3.09. The molecule has 8 nitrogen and oxygen atoms in total. The number of anilines is 3. The lowest BCUT2D eigenvalue weighted by molar-refractivity contribution is 0.252. The highest BCUT2D eigenvalue weighted by Gasteiger charge is 2.15. The number of carbonyl (C=O) groups excluding carboxylic acids is 1. The number of ether oxygens (including phenoxy) is 1. The fourth-order valence-corrected chi connectivity index (χ4v) is 3.09. The molecule has 0 saturated carbocycles. The van der Waals surface area contributed by atoms with Crippen molar-refractivity contribution in [1.82, 2.24) is 15.3 Å². The molecule has 1 aliphatic rings. The molecule has 1 saturated heterocycles. The first-order valence-electron chi connectivity index (χ1n) is 9.76. The van der Waals surface area contributed by atoms with Crippen molar-refractivity contribution >= 4 is 23.4 Å². The molecule has 2 aromatic rings. The molecule has 3 N–H and O–H groups in total. The highest BCUT2D eigenvalue weighted by atomic mass is 16.5. The number of amides is 2. The second-order valence-electron chi connectivity index (χ2n) is 6.62. The van der Waals surface area contributed by atoms with Gasteiger partial charge < -0.3 is 25.6 Å². The second kappa shape index (κ2) is 9.77. The Labute approximate surface area is 165 Å². The number of carbonyl (C=O) groups is 1. The van der Waals surface area contributed by atoms with Crippen LogP contribution in [0.25, 0.3) is 0 Å². The summed E-state index contributed by atoms with van der Waals surface area (Å²) in [4.78, 5) is 23.2. The summed E-state index contributed by atoms with van der Waals surface area (Å²) in [6.07, 6.45) is 2.42. The van der Waals surface area contributed by atoms with Crippen molar-refractivity contribution in [3.05, 3.63) is 36.2 Å². The number of nitrogens with zero attached hydrogens (tertiary/aromatic N) is 3. The molecule has 0 bridgehead atoms. The van der Waals surface area contributed by atoms with Crippen molar-refractivity contribution in [2.24, 2.45) is 0 Å². The van der Waals surface area contributed by atoms with Crippen LogP contribution < -0.4 is 25.6 Å². The average Bonchev–Trinajstić information content (AvgIpc) is 3.22. The van der Waals surface area contributed by atoms with Gasteiger partial charge in [0.1, 0.15) is 23.2 Å². The maximum absolute atomic E-state index is 12.0. The molecule has 1 aliphatic heterocycles. The molecule has 2 amide bonds. The van der Waals surface area contributed by atoms with Crippen LogP contribution in [0.5, 0.6) is 5.75 Å². The van der Waals surface area contributed by atoms with E-state index < -0.39 is 0 Å². The van der Waals surface area contributed by atoms with Gasteiger partial charge in [0.2, 0.25) is 0 Å². The molecule has 1 fully saturated rings. The standard InChI is InChI=1S/C20H28N6O2/c1-3-28-17-8-6-16(7-9-17)25-20(27)22-11-10-21-18-14-19(24-15(2)23-18)26-12-4-5-13-26/h6-9,14H,3-5,10-13H2,1-2H3,(H,21,23,24)(H2,22,25,27). The van der Waals surface area contributed by atoms with E-state index in [1.165, 1.54) is 12.8 Å². The Morgan fingerprint density at radius 3 is 2.61 bits per heavy atom. The summed E-state index contributed by atoms with van der Waals surface area (Å²) in [7, 11) is 0. The van der Waals surface area contributed by atoms with Gasteiger partial charge in [-0.1, -0.05) is 0 Å². The number of benzene rings is 1. The Hall–Kier alpha value is -3.03. The van der Waals surface area contributed by atoms with Gasteiger partial charge in [0, 0.05) is 37.9 Å². The summed E-state index contributed by atoms with van der Waals surface area (Å²) in [5, 5.41) is 8.88. The van der Waals surface area contributed by atoms with Crippen molar-refractivity contribution in [2.45, 2.75) is 26.7 Å². The molecule has 2 heterocycles. The molecule has 0 radical (unpaired) electrons. The number of hydrogen-bond donors (Lipinski definition) is 3. The highest BCUT2D eigenvalue weighted by Crippen LogP contribution is 2.20. The summed E-state index contributed by atoms with van der Waals surface area (Å²) in [5.74, 6) is 3.27. The minimum atomic E-state index is -0.248. The topological polar surface area (TPSA) is 91.4 Å². The quantitative estimate of drug-likeness (QED) is 0.606. The summed E-state index contributed by atoms with van der Waals surface area (Å²) < 4.78 is 5.39. The maximum Gasteiger partial charge on any atom is 0.319 e. The van der Waals surface area contributed by atoms with Gasteiger partial charge in [-0.3, -0.25) is 0 Å². The monoisotopic (exact) mass is 384 g/mol. The summed E-state index contributed by atoms with van der Waals surface area (Å²) in [6.45, 7) is 7.59. The van der Waals surface area contributed by atoms with Gasteiger partial charge in [0.25, 0.3) is 0 Å². The van der Waals surface area contributed by atoms with Gasteiger partial charge in [-0.05, 0) is 51.0 Å². The molecule has 0 aliphatic carbocycles. The van der Waals surface area contributed by atoms with Crippen molar-refractivity contribution in [1.29, 1.82) is 0 Å². The van der Waals surface area contributed by atoms with E-state index >= 15 is 0 Å². The van der Waals surface area contributed by atoms with E-state index in [2.05, 4.69) is 30.8 Å². The number of hydrogen-bond acceptors (Lipinski definition) is 6. The van der Waals surface area contributed by atoms with Crippen LogP contribution in [-0.4, -0.2) is 48.8 Å². The number of nitrogens with one attached hydrogen (secondary N) is 3. The molecule has 0 unspecified atom stereocenters. The molecule has 8 heteroatoms. The Balaban J connectivity index is 1.42. The number of aromatic nitrogens is 2. The zero-order valence-electron chi connectivity index (χ0n) is 16.5. The predicted octanol–water partition coefficient (Wildman–Crippen LogP) is 3.02. The minimum absolute atomic E-state index is 0.248. The van der Waals surface area contributed by atoms with Crippen molar-refractivity contribution in [2.75, 3.05) is 48.3 Å². The Kier molecular flexibility index (Phi) is 6.89. The smallest absolute Gasteiger partial charge is 0.319 e. The van der Waals surface area contributed by atoms with Gasteiger partial charge >= 0.3 is 6.03 Å². The normalized spacial score (nSPS) is 13.3. The minimum Gasteiger partial charge on any atom is -0.494 e. The molecule has 0 atom stereocenters. The lowest BCUT2D eigenvalue weighted by atomic mass is 10.3. The van der Waals surface area contributed by atoms with E-state index in [0.29, 0.717) is 19.7 Å². The largest absolute Gasteiger partial charge is 0.494 e. The van der Waals surface area contributed by atoms with Crippen molar-refractivity contribution in [3.63, 3.8) is 0 Å². The number of aryl methyl sites for hydroxylation is 1. The third-order valence-electron chi connectivity index (χ3n) is 4.39. The first-order valence-corrected chi connectivity index (χ1v) is 9.76. The SMILES string of the molecule is CCOc1ccc(NC(=O)NCCNc2cc(N3CCCC3)nc(C)n2)cc1. The van der Waals surface area contributed by atoms with Crippen LogP contribution in [0.15, 0.2) is 30.3 Å². The second-order valence-corrected chi connectivity index (χ2v) is 6.62. The van der Waals surface area contributed by atoms with Crippen LogP contribution in [0.1, 0.15) is 25.6 Å². The van der Waals surface area contributed by atoms with Gasteiger partial charge in [0.05, 0.1) is 6.61 Å². The highest BCUT2D eigenvalue weighted by molar-refractivity contribution is 5.89.